The summed E-state index contributed by atoms with van der Waals surface area (Å²) in [4.78, 5) is 8.21. The number of nitrogens with zero attached hydrogens (tertiary/aromatic N) is 2. The Hall–Kier alpha value is -1.78. The van der Waals surface area contributed by atoms with Crippen molar-refractivity contribution in [1.82, 2.24) is 9.97 Å². The van der Waals surface area contributed by atoms with Crippen molar-refractivity contribution in [3.63, 3.8) is 0 Å². The lowest BCUT2D eigenvalue weighted by molar-refractivity contribution is 0.173. The summed E-state index contributed by atoms with van der Waals surface area (Å²) < 4.78 is 0. The zero-order chi connectivity index (χ0) is 16.2. The molecule has 2 atom stereocenters. The van der Waals surface area contributed by atoms with Crippen LogP contribution in [0.5, 0.6) is 0 Å². The van der Waals surface area contributed by atoms with Gasteiger partial charge in [0.05, 0.1) is 6.61 Å². The summed E-state index contributed by atoms with van der Waals surface area (Å²) in [7, 11) is 0. The molecule has 0 radical (unpaired) electrons. The van der Waals surface area contributed by atoms with Gasteiger partial charge in [0.1, 0.15) is 6.33 Å². The largest absolute Gasteiger partial charge is 0.394 e. The lowest BCUT2D eigenvalue weighted by Gasteiger charge is -2.38. The van der Waals surface area contributed by atoms with Gasteiger partial charge in [-0.3, -0.25) is 0 Å². The van der Waals surface area contributed by atoms with E-state index in [1.54, 1.807) is 6.33 Å². The number of fused-ring (bicyclic) bond motifs is 1. The van der Waals surface area contributed by atoms with Gasteiger partial charge in [-0.25, -0.2) is 9.97 Å². The third-order valence-corrected chi connectivity index (χ3v) is 4.13. The average molecular weight is 299 g/mol. The van der Waals surface area contributed by atoms with Crippen LogP contribution in [-0.4, -0.2) is 27.2 Å². The normalized spacial score (nSPS) is 23.2. The van der Waals surface area contributed by atoms with E-state index in [0.29, 0.717) is 12.3 Å². The van der Waals surface area contributed by atoms with Crippen molar-refractivity contribution in [3.8, 4) is 11.1 Å². The Balaban J connectivity index is 0.000000847. The monoisotopic (exact) mass is 299 g/mol. The molecule has 0 spiro atoms. The third kappa shape index (κ3) is 3.18. The van der Waals surface area contributed by atoms with Crippen LogP contribution in [0.2, 0.25) is 0 Å². The van der Waals surface area contributed by atoms with Gasteiger partial charge in [0.15, 0.2) is 0 Å². The van der Waals surface area contributed by atoms with Crippen LogP contribution in [0.4, 0.5) is 0 Å². The quantitative estimate of drug-likeness (QED) is 0.894. The van der Waals surface area contributed by atoms with E-state index >= 15 is 0 Å². The van der Waals surface area contributed by atoms with Gasteiger partial charge in [0.2, 0.25) is 0 Å². The second-order valence-electron chi connectivity index (χ2n) is 5.81. The highest BCUT2D eigenvalue weighted by molar-refractivity contribution is 5.69. The standard InChI is InChI=1S/C16H19N3O.C2H6/c1-11-5-16(17,9-20)6-12-3-2-4-14(15(11)12)13-7-18-10-19-8-13;1-2/h2-4,7-8,10-11,20H,5-6,9,17H2,1H3;1-2H3. The van der Waals surface area contributed by atoms with Crippen LogP contribution in [0.25, 0.3) is 11.1 Å². The lowest BCUT2D eigenvalue weighted by atomic mass is 9.71. The molecular formula is C18H25N3O. The Bertz CT molecular complexity index is 615. The average Bonchev–Trinajstić information content (AvgIpc) is 2.57. The van der Waals surface area contributed by atoms with E-state index in [-0.39, 0.29) is 6.61 Å². The zero-order valence-corrected chi connectivity index (χ0v) is 13.6. The van der Waals surface area contributed by atoms with Crippen LogP contribution in [-0.2, 0) is 6.42 Å². The topological polar surface area (TPSA) is 72.0 Å². The summed E-state index contributed by atoms with van der Waals surface area (Å²) in [5.41, 5.74) is 10.5. The smallest absolute Gasteiger partial charge is 0.115 e. The van der Waals surface area contributed by atoms with E-state index in [9.17, 15) is 5.11 Å². The summed E-state index contributed by atoms with van der Waals surface area (Å²) in [5, 5.41) is 9.53. The number of rotatable bonds is 2. The van der Waals surface area contributed by atoms with Crippen molar-refractivity contribution >= 4 is 0 Å². The molecule has 1 aliphatic carbocycles. The van der Waals surface area contributed by atoms with Crippen LogP contribution < -0.4 is 5.73 Å². The van der Waals surface area contributed by atoms with Crippen molar-refractivity contribution in [2.75, 3.05) is 6.61 Å². The van der Waals surface area contributed by atoms with Gasteiger partial charge >= 0.3 is 0 Å². The molecule has 0 saturated heterocycles. The molecule has 4 nitrogen and oxygen atoms in total. The van der Waals surface area contributed by atoms with E-state index in [1.165, 1.54) is 16.7 Å². The predicted octanol–water partition coefficient (Wildman–Crippen LogP) is 2.91. The first-order valence-electron chi connectivity index (χ1n) is 7.90. The molecular weight excluding hydrogens is 274 g/mol. The number of hydrogen-bond donors (Lipinski definition) is 2. The van der Waals surface area contributed by atoms with Crippen molar-refractivity contribution < 1.29 is 5.11 Å². The molecule has 22 heavy (non-hydrogen) atoms. The Morgan fingerprint density at radius 1 is 1.27 bits per heavy atom. The molecule has 1 aromatic heterocycles. The van der Waals surface area contributed by atoms with Crippen molar-refractivity contribution in [1.29, 1.82) is 0 Å². The first-order chi connectivity index (χ1) is 10.6. The van der Waals surface area contributed by atoms with E-state index in [0.717, 1.165) is 12.0 Å². The number of aliphatic hydroxyl groups is 1. The van der Waals surface area contributed by atoms with Gasteiger partial charge in [0, 0.05) is 23.5 Å². The molecule has 0 bridgehead atoms. The summed E-state index contributed by atoms with van der Waals surface area (Å²) in [6.07, 6.45) is 6.72. The Morgan fingerprint density at radius 3 is 2.59 bits per heavy atom. The van der Waals surface area contributed by atoms with Crippen molar-refractivity contribution in [2.45, 2.75) is 45.1 Å². The van der Waals surface area contributed by atoms with E-state index in [4.69, 9.17) is 5.73 Å². The Morgan fingerprint density at radius 2 is 1.95 bits per heavy atom. The Labute approximate surface area is 132 Å². The van der Waals surface area contributed by atoms with Gasteiger partial charge in [-0.05, 0) is 35.4 Å². The summed E-state index contributed by atoms with van der Waals surface area (Å²) in [5.74, 6) is 0.312. The number of nitrogens with two attached hydrogens (primary N) is 1. The minimum absolute atomic E-state index is 0.0233. The second kappa shape index (κ2) is 6.99. The van der Waals surface area contributed by atoms with Gasteiger partial charge < -0.3 is 10.8 Å². The van der Waals surface area contributed by atoms with Gasteiger partial charge in [-0.2, -0.15) is 0 Å². The van der Waals surface area contributed by atoms with Crippen LogP contribution in [0.3, 0.4) is 0 Å². The molecule has 0 saturated carbocycles. The molecule has 1 heterocycles. The second-order valence-corrected chi connectivity index (χ2v) is 5.81. The molecule has 1 aromatic carbocycles. The molecule has 3 N–H and O–H groups in total. The minimum atomic E-state index is -0.502. The number of aromatic nitrogens is 2. The molecule has 2 unspecified atom stereocenters. The van der Waals surface area contributed by atoms with E-state index in [1.807, 2.05) is 32.3 Å². The molecule has 0 aliphatic heterocycles. The van der Waals surface area contributed by atoms with Crippen LogP contribution in [0, 0.1) is 0 Å². The van der Waals surface area contributed by atoms with E-state index in [2.05, 4.69) is 29.0 Å². The summed E-state index contributed by atoms with van der Waals surface area (Å²) in [6.45, 7) is 6.19. The highest BCUT2D eigenvalue weighted by Crippen LogP contribution is 2.40. The maximum Gasteiger partial charge on any atom is 0.115 e. The molecule has 1 aliphatic rings. The van der Waals surface area contributed by atoms with Gasteiger partial charge in [-0.15, -0.1) is 0 Å². The first-order valence-corrected chi connectivity index (χ1v) is 7.90. The summed E-state index contributed by atoms with van der Waals surface area (Å²) in [6, 6.07) is 6.25. The molecule has 3 rings (SSSR count). The molecule has 118 valence electrons. The van der Waals surface area contributed by atoms with Crippen molar-refractivity contribution in [3.05, 3.63) is 48.0 Å². The number of hydrogen-bond acceptors (Lipinski definition) is 4. The van der Waals surface area contributed by atoms with Gasteiger partial charge in [0.25, 0.3) is 0 Å². The van der Waals surface area contributed by atoms with Crippen molar-refractivity contribution in [2.24, 2.45) is 5.73 Å². The van der Waals surface area contributed by atoms with Crippen LogP contribution >= 0.6 is 0 Å². The highest BCUT2D eigenvalue weighted by atomic mass is 16.3. The minimum Gasteiger partial charge on any atom is -0.394 e. The Kier molecular flexibility index (Phi) is 5.27. The molecule has 2 aromatic rings. The molecule has 0 amide bonds. The SMILES string of the molecule is CC.CC1CC(N)(CO)Cc2cccc(-c3cncnc3)c21. The number of benzene rings is 1. The fraction of sp³-hybridized carbons (Fsp3) is 0.444. The fourth-order valence-electron chi connectivity index (χ4n) is 3.32. The molecule has 0 fully saturated rings. The third-order valence-electron chi connectivity index (χ3n) is 4.13. The lowest BCUT2D eigenvalue weighted by Crippen LogP contribution is -2.49. The maximum absolute atomic E-state index is 9.53. The van der Waals surface area contributed by atoms with Crippen LogP contribution in [0.15, 0.2) is 36.9 Å². The summed E-state index contributed by atoms with van der Waals surface area (Å²) >= 11 is 0. The first kappa shape index (κ1) is 16.6. The molecule has 4 heteroatoms. The zero-order valence-electron chi connectivity index (χ0n) is 13.6. The van der Waals surface area contributed by atoms with Gasteiger partial charge in [-0.1, -0.05) is 39.0 Å². The highest BCUT2D eigenvalue weighted by Gasteiger charge is 2.35. The maximum atomic E-state index is 9.53. The predicted molar refractivity (Wildman–Crippen MR) is 89.6 cm³/mol. The number of aliphatic hydroxyl groups excluding tert-OH is 1. The van der Waals surface area contributed by atoms with E-state index < -0.39 is 5.54 Å². The van der Waals surface area contributed by atoms with Crippen LogP contribution in [0.1, 0.15) is 44.2 Å². The fourth-order valence-corrected chi connectivity index (χ4v) is 3.32.